The predicted molar refractivity (Wildman–Crippen MR) is 75.6 cm³/mol. The molecular weight excluding hydrogens is 272 g/mol. The zero-order valence-electron chi connectivity index (χ0n) is 10.2. The molecule has 0 radical (unpaired) electrons. The normalized spacial score (nSPS) is 24.7. The highest BCUT2D eigenvalue weighted by atomic mass is 35.5. The summed E-state index contributed by atoms with van der Waals surface area (Å²) in [5.74, 6) is 0.281. The zero-order chi connectivity index (χ0) is 13.1. The molecule has 2 atom stereocenters. The summed E-state index contributed by atoms with van der Waals surface area (Å²) in [7, 11) is 0. The van der Waals surface area contributed by atoms with Gasteiger partial charge in [-0.25, -0.2) is 4.39 Å². The van der Waals surface area contributed by atoms with Crippen LogP contribution in [0, 0.1) is 11.7 Å². The quantitative estimate of drug-likeness (QED) is 0.788. The monoisotopic (exact) mass is 287 g/mol. The van der Waals surface area contributed by atoms with Gasteiger partial charge in [0.25, 0.3) is 0 Å². The van der Waals surface area contributed by atoms with Crippen molar-refractivity contribution in [3.05, 3.63) is 39.6 Å². The van der Waals surface area contributed by atoms with E-state index in [0.29, 0.717) is 16.6 Å². The lowest BCUT2D eigenvalue weighted by Gasteiger charge is -2.25. The van der Waals surface area contributed by atoms with Crippen LogP contribution >= 0.6 is 23.2 Å². The maximum atomic E-state index is 13.3. The number of hydrogen-bond donors (Lipinski definition) is 1. The summed E-state index contributed by atoms with van der Waals surface area (Å²) in [5, 5.41) is 3.95. The van der Waals surface area contributed by atoms with E-state index in [4.69, 9.17) is 23.2 Å². The smallest absolute Gasteiger partial charge is 0.142 e. The number of rotatable bonds is 2. The minimum atomic E-state index is -0.439. The van der Waals surface area contributed by atoms with Gasteiger partial charge >= 0.3 is 0 Å². The molecule has 0 aliphatic carbocycles. The Morgan fingerprint density at radius 1 is 1.33 bits per heavy atom. The Balaban J connectivity index is 2.11. The highest BCUT2D eigenvalue weighted by Gasteiger charge is 2.15. The van der Waals surface area contributed by atoms with Crippen LogP contribution in [0.1, 0.15) is 25.3 Å². The van der Waals surface area contributed by atoms with Gasteiger partial charge in [0.15, 0.2) is 0 Å². The number of hydrogen-bond acceptors (Lipinski definition) is 1. The lowest BCUT2D eigenvalue weighted by Crippen LogP contribution is -2.35. The van der Waals surface area contributed by atoms with E-state index in [1.165, 1.54) is 18.6 Å². The average Bonchev–Trinajstić information content (AvgIpc) is 2.32. The summed E-state index contributed by atoms with van der Waals surface area (Å²) >= 11 is 11.7. The maximum Gasteiger partial charge on any atom is 0.142 e. The minimum Gasteiger partial charge on any atom is -0.310 e. The van der Waals surface area contributed by atoms with Gasteiger partial charge in [-0.2, -0.15) is 0 Å². The third-order valence-corrected chi connectivity index (χ3v) is 3.86. The van der Waals surface area contributed by atoms with Crippen LogP contribution in [0.5, 0.6) is 0 Å². The summed E-state index contributed by atoms with van der Waals surface area (Å²) in [6.45, 7) is 3.27. The second-order valence-corrected chi connectivity index (χ2v) is 5.65. The molecule has 0 saturated carbocycles. The highest BCUT2D eigenvalue weighted by molar-refractivity contribution is 6.35. The van der Waals surface area contributed by atoms with Crippen molar-refractivity contribution >= 4 is 29.3 Å². The standard InChI is InChI=1S/C14H16Cl2FN/c1-9-4-5-18-11(6-9)3-2-10-7-14(17)13(16)8-12(10)15/h2-3,7-9,11,18H,4-6H2,1H3/b3-2+. The third kappa shape index (κ3) is 3.47. The number of halogens is 3. The van der Waals surface area contributed by atoms with Gasteiger partial charge in [-0.15, -0.1) is 0 Å². The molecule has 1 fully saturated rings. The predicted octanol–water partition coefficient (Wildman–Crippen LogP) is 4.53. The van der Waals surface area contributed by atoms with Crippen LogP contribution in [-0.4, -0.2) is 12.6 Å². The van der Waals surface area contributed by atoms with E-state index < -0.39 is 5.82 Å². The van der Waals surface area contributed by atoms with E-state index in [1.54, 1.807) is 0 Å². The van der Waals surface area contributed by atoms with Gasteiger partial charge in [0, 0.05) is 11.1 Å². The van der Waals surface area contributed by atoms with Gasteiger partial charge in [0.1, 0.15) is 5.82 Å². The van der Waals surface area contributed by atoms with E-state index in [2.05, 4.69) is 12.2 Å². The maximum absolute atomic E-state index is 13.3. The topological polar surface area (TPSA) is 12.0 Å². The molecule has 1 aliphatic rings. The molecule has 0 bridgehead atoms. The Morgan fingerprint density at radius 2 is 2.11 bits per heavy atom. The van der Waals surface area contributed by atoms with E-state index in [0.717, 1.165) is 18.9 Å². The molecule has 1 nitrogen and oxygen atoms in total. The van der Waals surface area contributed by atoms with Gasteiger partial charge < -0.3 is 5.32 Å². The molecule has 1 aliphatic heterocycles. The van der Waals surface area contributed by atoms with E-state index in [9.17, 15) is 4.39 Å². The molecule has 0 spiro atoms. The highest BCUT2D eigenvalue weighted by Crippen LogP contribution is 2.26. The van der Waals surface area contributed by atoms with Gasteiger partial charge in [-0.3, -0.25) is 0 Å². The summed E-state index contributed by atoms with van der Waals surface area (Å²) in [4.78, 5) is 0. The number of nitrogens with one attached hydrogen (secondary N) is 1. The first-order valence-electron chi connectivity index (χ1n) is 6.12. The van der Waals surface area contributed by atoms with E-state index in [-0.39, 0.29) is 5.02 Å². The fourth-order valence-corrected chi connectivity index (χ4v) is 2.63. The number of piperidine rings is 1. The molecule has 1 aromatic carbocycles. The van der Waals surface area contributed by atoms with Gasteiger partial charge in [0.2, 0.25) is 0 Å². The SMILES string of the molecule is CC1CCNC(/C=C/c2cc(F)c(Cl)cc2Cl)C1. The van der Waals surface area contributed by atoms with Gasteiger partial charge in [-0.05, 0) is 43.0 Å². The summed E-state index contributed by atoms with van der Waals surface area (Å²) < 4.78 is 13.3. The lowest BCUT2D eigenvalue weighted by atomic mass is 9.94. The van der Waals surface area contributed by atoms with E-state index in [1.807, 2.05) is 12.2 Å². The van der Waals surface area contributed by atoms with Gasteiger partial charge in [0.05, 0.1) is 5.02 Å². The van der Waals surface area contributed by atoms with Crippen LogP contribution in [0.2, 0.25) is 10.0 Å². The van der Waals surface area contributed by atoms with Crippen LogP contribution in [0.15, 0.2) is 18.2 Å². The van der Waals surface area contributed by atoms with Crippen LogP contribution in [0.4, 0.5) is 4.39 Å². The average molecular weight is 288 g/mol. The zero-order valence-corrected chi connectivity index (χ0v) is 11.7. The Morgan fingerprint density at radius 3 is 2.83 bits per heavy atom. The van der Waals surface area contributed by atoms with Crippen molar-refractivity contribution in [1.29, 1.82) is 0 Å². The van der Waals surface area contributed by atoms with Crippen LogP contribution in [-0.2, 0) is 0 Å². The molecule has 1 N–H and O–H groups in total. The van der Waals surface area contributed by atoms with Crippen molar-refractivity contribution in [1.82, 2.24) is 5.32 Å². The Labute approximate surface area is 117 Å². The molecule has 0 aromatic heterocycles. The summed E-state index contributed by atoms with van der Waals surface area (Å²) in [6, 6.07) is 3.14. The first-order valence-corrected chi connectivity index (χ1v) is 6.88. The van der Waals surface area contributed by atoms with Crippen LogP contribution in [0.3, 0.4) is 0 Å². The fraction of sp³-hybridized carbons (Fsp3) is 0.429. The molecule has 1 saturated heterocycles. The molecule has 1 aromatic rings. The molecule has 1 heterocycles. The van der Waals surface area contributed by atoms with Crippen LogP contribution < -0.4 is 5.32 Å². The van der Waals surface area contributed by atoms with Crippen molar-refractivity contribution < 1.29 is 4.39 Å². The molecule has 2 rings (SSSR count). The summed E-state index contributed by atoms with van der Waals surface area (Å²) in [5.41, 5.74) is 0.665. The molecule has 98 valence electrons. The van der Waals surface area contributed by atoms with Gasteiger partial charge in [-0.1, -0.05) is 42.3 Å². The molecule has 4 heteroatoms. The molecule has 2 unspecified atom stereocenters. The van der Waals surface area contributed by atoms with Crippen LogP contribution in [0.25, 0.3) is 6.08 Å². The number of benzene rings is 1. The molecular formula is C14H16Cl2FN. The molecule has 0 amide bonds. The largest absolute Gasteiger partial charge is 0.310 e. The molecule has 18 heavy (non-hydrogen) atoms. The first kappa shape index (κ1) is 13.9. The second kappa shape index (κ2) is 6.05. The van der Waals surface area contributed by atoms with Crippen molar-refractivity contribution in [2.45, 2.75) is 25.8 Å². The van der Waals surface area contributed by atoms with E-state index >= 15 is 0 Å². The Kier molecular flexibility index (Phi) is 4.66. The van der Waals surface area contributed by atoms with Crippen molar-refractivity contribution in [3.8, 4) is 0 Å². The van der Waals surface area contributed by atoms with Crippen molar-refractivity contribution in [2.24, 2.45) is 5.92 Å². The fourth-order valence-electron chi connectivity index (χ4n) is 2.18. The minimum absolute atomic E-state index is 0.0570. The van der Waals surface area contributed by atoms with Crippen molar-refractivity contribution in [3.63, 3.8) is 0 Å². The lowest BCUT2D eigenvalue weighted by molar-refractivity contribution is 0.357. The Hall–Kier alpha value is -0.570. The second-order valence-electron chi connectivity index (χ2n) is 4.84. The first-order chi connectivity index (χ1) is 8.56. The summed E-state index contributed by atoms with van der Waals surface area (Å²) in [6.07, 6.45) is 6.21. The van der Waals surface area contributed by atoms with Crippen molar-refractivity contribution in [2.75, 3.05) is 6.54 Å². The Bertz CT molecular complexity index is 459. The third-order valence-electron chi connectivity index (χ3n) is 3.25.